The number of hydrazone groups is 1. The molecule has 0 spiro atoms. The average Bonchev–Trinajstić information content (AvgIpc) is 2.97. The molecule has 3 aromatic rings. The number of aromatic nitrogens is 1. The van der Waals surface area contributed by atoms with Crippen molar-refractivity contribution in [2.45, 2.75) is 0 Å². The number of hydrogen-bond acceptors (Lipinski definition) is 7. The maximum atomic E-state index is 10.3. The number of nitrogens with zero attached hydrogens (tertiary/aromatic N) is 2. The average molecular weight is 326 g/mol. The van der Waals surface area contributed by atoms with Crippen LogP contribution in [0.3, 0.4) is 0 Å². The number of hydrogen-bond donors (Lipinski definition) is 1. The minimum Gasteiger partial charge on any atom is -0.546 e. The van der Waals surface area contributed by atoms with Crippen molar-refractivity contribution in [2.24, 2.45) is 5.10 Å². The Labute approximate surface area is 136 Å². The Hall–Kier alpha value is -2.93. The molecule has 2 aromatic carbocycles. The molecule has 0 bridgehead atoms. The van der Waals surface area contributed by atoms with Gasteiger partial charge in [-0.3, -0.25) is 5.43 Å². The van der Waals surface area contributed by atoms with E-state index < -0.39 is 12.6 Å². The van der Waals surface area contributed by atoms with Gasteiger partial charge in [0, 0.05) is 0 Å². The summed E-state index contributed by atoms with van der Waals surface area (Å²) in [5.41, 5.74) is 4.68. The number of rotatable bonds is 6. The molecular formula is C16H12N3O3S-. The molecule has 0 fully saturated rings. The number of thiazole rings is 1. The van der Waals surface area contributed by atoms with Gasteiger partial charge in [0.25, 0.3) is 0 Å². The first-order valence-electron chi connectivity index (χ1n) is 6.78. The lowest BCUT2D eigenvalue weighted by Gasteiger charge is -2.06. The number of carbonyl (C=O) groups excluding carboxylic acids is 1. The topological polar surface area (TPSA) is 86.6 Å². The zero-order valence-electron chi connectivity index (χ0n) is 11.9. The smallest absolute Gasteiger partial charge is 0.204 e. The van der Waals surface area contributed by atoms with E-state index in [1.54, 1.807) is 30.5 Å². The van der Waals surface area contributed by atoms with Gasteiger partial charge in [-0.05, 0) is 42.0 Å². The molecule has 1 aromatic heterocycles. The highest BCUT2D eigenvalue weighted by Crippen LogP contribution is 2.25. The quantitative estimate of drug-likeness (QED) is 0.552. The second kappa shape index (κ2) is 6.89. The van der Waals surface area contributed by atoms with E-state index in [-0.39, 0.29) is 0 Å². The number of ether oxygens (including phenoxy) is 1. The standard InChI is InChI=1S/C16H13N3O3S/c20-15(21)10-22-12-7-5-11(6-8-12)9-17-19-16-18-13-3-1-2-4-14(13)23-16/h1-9H,10H2,(H,18,19)(H,20,21)/p-1/b17-9-. The Morgan fingerprint density at radius 1 is 1.26 bits per heavy atom. The Bertz CT molecular complexity index is 810. The Kier molecular flexibility index (Phi) is 4.49. The summed E-state index contributed by atoms with van der Waals surface area (Å²) in [5, 5.41) is 15.2. The molecule has 0 saturated carbocycles. The third-order valence-electron chi connectivity index (χ3n) is 2.90. The van der Waals surface area contributed by atoms with Crippen LogP contribution in [0.15, 0.2) is 53.6 Å². The molecule has 6 nitrogen and oxygen atoms in total. The number of para-hydroxylation sites is 1. The second-order valence-electron chi connectivity index (χ2n) is 4.59. The van der Waals surface area contributed by atoms with Gasteiger partial charge in [-0.15, -0.1) is 0 Å². The lowest BCUT2D eigenvalue weighted by atomic mass is 10.2. The maximum Gasteiger partial charge on any atom is 0.204 e. The monoisotopic (exact) mass is 326 g/mol. The third kappa shape index (κ3) is 4.04. The number of benzene rings is 2. The molecule has 116 valence electrons. The lowest BCUT2D eigenvalue weighted by Crippen LogP contribution is -2.28. The van der Waals surface area contributed by atoms with Crippen LogP contribution in [-0.4, -0.2) is 23.8 Å². The highest BCUT2D eigenvalue weighted by atomic mass is 32.1. The summed E-state index contributed by atoms with van der Waals surface area (Å²) in [5.74, 6) is -0.791. The minimum atomic E-state index is -1.25. The molecule has 7 heteroatoms. The zero-order chi connectivity index (χ0) is 16.1. The highest BCUT2D eigenvalue weighted by Gasteiger charge is 2.00. The van der Waals surface area contributed by atoms with Gasteiger partial charge in [0.05, 0.1) is 22.4 Å². The first-order chi connectivity index (χ1) is 11.2. The molecule has 0 atom stereocenters. The normalized spacial score (nSPS) is 11.0. The second-order valence-corrected chi connectivity index (χ2v) is 5.62. The van der Waals surface area contributed by atoms with E-state index in [1.165, 1.54) is 11.3 Å². The fraction of sp³-hybridized carbons (Fsp3) is 0.0625. The maximum absolute atomic E-state index is 10.3. The van der Waals surface area contributed by atoms with Crippen LogP contribution in [0.1, 0.15) is 5.56 Å². The summed E-state index contributed by atoms with van der Waals surface area (Å²) in [6, 6.07) is 14.8. The van der Waals surface area contributed by atoms with Crippen molar-refractivity contribution in [1.82, 2.24) is 4.98 Å². The van der Waals surface area contributed by atoms with Crippen LogP contribution in [-0.2, 0) is 4.79 Å². The Morgan fingerprint density at radius 3 is 2.78 bits per heavy atom. The Balaban J connectivity index is 1.60. The number of fused-ring (bicyclic) bond motifs is 1. The SMILES string of the molecule is O=C([O-])COc1ccc(/C=N\Nc2nc3ccccc3s2)cc1. The van der Waals surface area contributed by atoms with Gasteiger partial charge in [0.2, 0.25) is 5.13 Å². The van der Waals surface area contributed by atoms with Crippen molar-refractivity contribution in [3.63, 3.8) is 0 Å². The summed E-state index contributed by atoms with van der Waals surface area (Å²) in [7, 11) is 0. The molecule has 0 radical (unpaired) electrons. The largest absolute Gasteiger partial charge is 0.546 e. The predicted octanol–water partition coefficient (Wildman–Crippen LogP) is 1.87. The number of aliphatic carboxylic acids is 1. The molecule has 3 rings (SSSR count). The number of anilines is 1. The highest BCUT2D eigenvalue weighted by molar-refractivity contribution is 7.22. The van der Waals surface area contributed by atoms with Crippen LogP contribution < -0.4 is 15.3 Å². The van der Waals surface area contributed by atoms with Gasteiger partial charge >= 0.3 is 0 Å². The Morgan fingerprint density at radius 2 is 2.04 bits per heavy atom. The summed E-state index contributed by atoms with van der Waals surface area (Å²) in [6.45, 7) is -0.466. The predicted molar refractivity (Wildman–Crippen MR) is 87.8 cm³/mol. The molecule has 0 saturated heterocycles. The fourth-order valence-electron chi connectivity index (χ4n) is 1.87. The molecule has 1 heterocycles. The van der Waals surface area contributed by atoms with Crippen molar-refractivity contribution >= 4 is 38.9 Å². The molecule has 0 aliphatic carbocycles. The van der Waals surface area contributed by atoms with E-state index in [0.29, 0.717) is 5.75 Å². The molecule has 0 aliphatic heterocycles. The van der Waals surface area contributed by atoms with Gasteiger partial charge in [-0.25, -0.2) is 4.98 Å². The number of carboxylic acid groups (broad SMARTS) is 1. The van der Waals surface area contributed by atoms with Crippen LogP contribution in [0, 0.1) is 0 Å². The number of nitrogens with one attached hydrogen (secondary N) is 1. The molecule has 23 heavy (non-hydrogen) atoms. The summed E-state index contributed by atoms with van der Waals surface area (Å²) in [6.07, 6.45) is 1.65. The molecule has 1 N–H and O–H groups in total. The first-order valence-corrected chi connectivity index (χ1v) is 7.60. The molecule has 0 unspecified atom stereocenters. The third-order valence-corrected chi connectivity index (χ3v) is 3.85. The molecular weight excluding hydrogens is 314 g/mol. The zero-order valence-corrected chi connectivity index (χ0v) is 12.7. The van der Waals surface area contributed by atoms with Gasteiger partial charge in [-0.1, -0.05) is 23.5 Å². The summed E-state index contributed by atoms with van der Waals surface area (Å²) in [4.78, 5) is 14.7. The molecule has 0 amide bonds. The van der Waals surface area contributed by atoms with E-state index in [0.717, 1.165) is 20.9 Å². The number of carboxylic acids is 1. The van der Waals surface area contributed by atoms with Crippen LogP contribution in [0.2, 0.25) is 0 Å². The molecule has 0 aliphatic rings. The van der Waals surface area contributed by atoms with Crippen molar-refractivity contribution in [3.05, 3.63) is 54.1 Å². The first kappa shape index (κ1) is 15.0. The van der Waals surface area contributed by atoms with Crippen LogP contribution in [0.25, 0.3) is 10.2 Å². The van der Waals surface area contributed by atoms with Crippen molar-refractivity contribution in [2.75, 3.05) is 12.0 Å². The van der Waals surface area contributed by atoms with Crippen LogP contribution >= 0.6 is 11.3 Å². The van der Waals surface area contributed by atoms with E-state index in [2.05, 4.69) is 15.5 Å². The minimum absolute atomic E-state index is 0.463. The van der Waals surface area contributed by atoms with Crippen LogP contribution in [0.4, 0.5) is 5.13 Å². The van der Waals surface area contributed by atoms with E-state index in [9.17, 15) is 9.90 Å². The van der Waals surface area contributed by atoms with Gasteiger partial charge in [0.15, 0.2) is 0 Å². The van der Waals surface area contributed by atoms with Gasteiger partial charge in [-0.2, -0.15) is 5.10 Å². The number of carbonyl (C=O) groups is 1. The van der Waals surface area contributed by atoms with Crippen molar-refractivity contribution < 1.29 is 14.6 Å². The fourth-order valence-corrected chi connectivity index (χ4v) is 2.69. The van der Waals surface area contributed by atoms with Crippen molar-refractivity contribution in [3.8, 4) is 5.75 Å². The van der Waals surface area contributed by atoms with E-state index in [4.69, 9.17) is 4.74 Å². The van der Waals surface area contributed by atoms with E-state index >= 15 is 0 Å². The van der Waals surface area contributed by atoms with Crippen molar-refractivity contribution in [1.29, 1.82) is 0 Å². The van der Waals surface area contributed by atoms with Gasteiger partial charge < -0.3 is 14.6 Å². The van der Waals surface area contributed by atoms with E-state index in [1.807, 2.05) is 24.3 Å². The summed E-state index contributed by atoms with van der Waals surface area (Å²) >= 11 is 1.53. The van der Waals surface area contributed by atoms with Crippen LogP contribution in [0.5, 0.6) is 5.75 Å². The van der Waals surface area contributed by atoms with Gasteiger partial charge in [0.1, 0.15) is 12.4 Å². The summed E-state index contributed by atoms with van der Waals surface area (Å²) < 4.78 is 6.10. The lowest BCUT2D eigenvalue weighted by molar-refractivity contribution is -0.307.